The summed E-state index contributed by atoms with van der Waals surface area (Å²) in [5, 5.41) is 0. The van der Waals surface area contributed by atoms with Gasteiger partial charge in [-0.15, -0.1) is 0 Å². The molecule has 0 aromatic heterocycles. The van der Waals surface area contributed by atoms with Crippen molar-refractivity contribution in [2.75, 3.05) is 20.8 Å². The Morgan fingerprint density at radius 2 is 1.87 bits per heavy atom. The molecule has 4 nitrogen and oxygen atoms in total. The number of nitrogens with zero attached hydrogens (tertiary/aromatic N) is 1. The van der Waals surface area contributed by atoms with Crippen molar-refractivity contribution < 1.29 is 14.3 Å². The fourth-order valence-electron chi connectivity index (χ4n) is 2.96. The quantitative estimate of drug-likeness (QED) is 0.821. The molecule has 2 aromatic carbocycles. The molecule has 0 saturated heterocycles. The highest BCUT2D eigenvalue weighted by Crippen LogP contribution is 2.41. The molecule has 0 bridgehead atoms. The fraction of sp³-hybridized carbons (Fsp3) is 0.278. The number of ether oxygens (including phenoxy) is 2. The molecule has 0 saturated carbocycles. The van der Waals surface area contributed by atoms with Crippen LogP contribution in [-0.2, 0) is 13.0 Å². The van der Waals surface area contributed by atoms with Crippen LogP contribution in [0.5, 0.6) is 11.5 Å². The molecule has 1 amide bonds. The van der Waals surface area contributed by atoms with E-state index in [0.717, 1.165) is 16.5 Å². The van der Waals surface area contributed by atoms with Gasteiger partial charge in [0.05, 0.1) is 20.8 Å². The van der Waals surface area contributed by atoms with Crippen LogP contribution in [0.2, 0.25) is 0 Å². The molecule has 0 spiro atoms. The molecule has 1 aliphatic heterocycles. The lowest BCUT2D eigenvalue weighted by Gasteiger charge is -2.31. The Bertz CT molecular complexity index is 731. The first-order valence-corrected chi connectivity index (χ1v) is 8.21. The number of hydrogen-bond donors (Lipinski definition) is 0. The van der Waals surface area contributed by atoms with Gasteiger partial charge in [0.25, 0.3) is 5.91 Å². The van der Waals surface area contributed by atoms with Crippen molar-refractivity contribution in [1.29, 1.82) is 0 Å². The van der Waals surface area contributed by atoms with Crippen LogP contribution >= 0.6 is 15.9 Å². The van der Waals surface area contributed by atoms with E-state index in [-0.39, 0.29) is 5.91 Å². The SMILES string of the molecule is COc1cc(Br)c2c(c1OC)CN(C(=O)c1ccccc1)CC2. The first kappa shape index (κ1) is 15.9. The molecule has 2 aromatic rings. The van der Waals surface area contributed by atoms with Gasteiger partial charge in [-0.05, 0) is 30.2 Å². The topological polar surface area (TPSA) is 38.8 Å². The summed E-state index contributed by atoms with van der Waals surface area (Å²) in [7, 11) is 3.25. The monoisotopic (exact) mass is 375 g/mol. The number of hydrogen-bond acceptors (Lipinski definition) is 3. The second kappa shape index (κ2) is 6.62. The molecule has 23 heavy (non-hydrogen) atoms. The first-order chi connectivity index (χ1) is 11.2. The Morgan fingerprint density at radius 1 is 1.13 bits per heavy atom. The number of amides is 1. The van der Waals surface area contributed by atoms with E-state index < -0.39 is 0 Å². The standard InChI is InChI=1S/C18H18BrNO3/c1-22-16-10-15(19)13-8-9-20(11-14(13)17(16)23-2)18(21)12-6-4-3-5-7-12/h3-7,10H,8-9,11H2,1-2H3. The molecule has 0 fully saturated rings. The highest BCUT2D eigenvalue weighted by molar-refractivity contribution is 9.10. The lowest BCUT2D eigenvalue weighted by atomic mass is 9.97. The van der Waals surface area contributed by atoms with Crippen LogP contribution in [-0.4, -0.2) is 31.6 Å². The number of fused-ring (bicyclic) bond motifs is 1. The zero-order valence-corrected chi connectivity index (χ0v) is 14.7. The van der Waals surface area contributed by atoms with Gasteiger partial charge in [0.1, 0.15) is 0 Å². The van der Waals surface area contributed by atoms with Crippen molar-refractivity contribution in [3.8, 4) is 11.5 Å². The van der Waals surface area contributed by atoms with Gasteiger partial charge in [0.15, 0.2) is 11.5 Å². The Balaban J connectivity index is 1.96. The number of benzene rings is 2. The molecule has 120 valence electrons. The van der Waals surface area contributed by atoms with Gasteiger partial charge in [-0.2, -0.15) is 0 Å². The number of rotatable bonds is 3. The minimum atomic E-state index is 0.0391. The Labute approximate surface area is 144 Å². The predicted molar refractivity (Wildman–Crippen MR) is 92.1 cm³/mol. The van der Waals surface area contributed by atoms with E-state index in [1.165, 1.54) is 5.56 Å². The second-order valence-corrected chi connectivity index (χ2v) is 6.25. The van der Waals surface area contributed by atoms with Crippen LogP contribution in [0, 0.1) is 0 Å². The molecule has 1 heterocycles. The molecule has 3 rings (SSSR count). The summed E-state index contributed by atoms with van der Waals surface area (Å²) in [4.78, 5) is 14.5. The largest absolute Gasteiger partial charge is 0.493 e. The highest BCUT2D eigenvalue weighted by atomic mass is 79.9. The summed E-state index contributed by atoms with van der Waals surface area (Å²) in [6, 6.07) is 11.3. The maximum absolute atomic E-state index is 12.7. The third kappa shape index (κ3) is 2.93. The molecular weight excluding hydrogens is 358 g/mol. The lowest BCUT2D eigenvalue weighted by molar-refractivity contribution is 0.0732. The van der Waals surface area contributed by atoms with Gasteiger partial charge in [-0.3, -0.25) is 4.79 Å². The lowest BCUT2D eigenvalue weighted by Crippen LogP contribution is -2.36. The van der Waals surface area contributed by atoms with E-state index in [1.807, 2.05) is 41.3 Å². The molecule has 0 atom stereocenters. The van der Waals surface area contributed by atoms with Gasteiger partial charge in [0, 0.05) is 22.1 Å². The van der Waals surface area contributed by atoms with Crippen molar-refractivity contribution in [2.45, 2.75) is 13.0 Å². The van der Waals surface area contributed by atoms with Gasteiger partial charge in [-0.25, -0.2) is 0 Å². The van der Waals surface area contributed by atoms with Gasteiger partial charge >= 0.3 is 0 Å². The molecule has 0 unspecified atom stereocenters. The van der Waals surface area contributed by atoms with Gasteiger partial charge in [-0.1, -0.05) is 34.1 Å². The number of halogens is 1. The zero-order valence-electron chi connectivity index (χ0n) is 13.1. The number of carbonyl (C=O) groups is 1. The van der Waals surface area contributed by atoms with E-state index in [9.17, 15) is 4.79 Å². The summed E-state index contributed by atoms with van der Waals surface area (Å²) >= 11 is 3.60. The van der Waals surface area contributed by atoms with E-state index in [1.54, 1.807) is 14.2 Å². The molecular formula is C18H18BrNO3. The zero-order chi connectivity index (χ0) is 16.4. The van der Waals surface area contributed by atoms with Crippen LogP contribution < -0.4 is 9.47 Å². The Kier molecular flexibility index (Phi) is 4.57. The van der Waals surface area contributed by atoms with Crippen molar-refractivity contribution in [3.63, 3.8) is 0 Å². The van der Waals surface area contributed by atoms with E-state index in [0.29, 0.717) is 30.2 Å². The first-order valence-electron chi connectivity index (χ1n) is 7.42. The van der Waals surface area contributed by atoms with E-state index >= 15 is 0 Å². The minimum Gasteiger partial charge on any atom is -0.493 e. The minimum absolute atomic E-state index is 0.0391. The molecule has 0 radical (unpaired) electrons. The van der Waals surface area contributed by atoms with Crippen molar-refractivity contribution >= 4 is 21.8 Å². The smallest absolute Gasteiger partial charge is 0.254 e. The third-order valence-electron chi connectivity index (χ3n) is 4.12. The number of carbonyl (C=O) groups excluding carboxylic acids is 1. The number of methoxy groups -OCH3 is 2. The third-order valence-corrected chi connectivity index (χ3v) is 4.83. The van der Waals surface area contributed by atoms with E-state index in [4.69, 9.17) is 9.47 Å². The van der Waals surface area contributed by atoms with Crippen molar-refractivity contribution in [3.05, 3.63) is 57.6 Å². The van der Waals surface area contributed by atoms with Crippen LogP contribution in [0.3, 0.4) is 0 Å². The summed E-state index contributed by atoms with van der Waals surface area (Å²) in [6.07, 6.45) is 0.787. The molecule has 5 heteroatoms. The average Bonchev–Trinajstić information content (AvgIpc) is 2.61. The van der Waals surface area contributed by atoms with Crippen molar-refractivity contribution in [1.82, 2.24) is 4.90 Å². The summed E-state index contributed by atoms with van der Waals surface area (Å²) in [5.74, 6) is 1.42. The van der Waals surface area contributed by atoms with Crippen LogP contribution in [0.4, 0.5) is 0 Å². The average molecular weight is 376 g/mol. The van der Waals surface area contributed by atoms with Crippen LogP contribution in [0.15, 0.2) is 40.9 Å². The Hall–Kier alpha value is -2.01. The van der Waals surface area contributed by atoms with E-state index in [2.05, 4.69) is 15.9 Å². The van der Waals surface area contributed by atoms with Crippen molar-refractivity contribution in [2.24, 2.45) is 0 Å². The predicted octanol–water partition coefficient (Wildman–Crippen LogP) is 3.66. The van der Waals surface area contributed by atoms with Gasteiger partial charge in [0.2, 0.25) is 0 Å². The molecule has 0 N–H and O–H groups in total. The summed E-state index contributed by atoms with van der Waals surface area (Å²) in [5.41, 5.74) is 2.89. The molecule has 1 aliphatic rings. The normalized spacial score (nSPS) is 13.4. The van der Waals surface area contributed by atoms with Crippen LogP contribution in [0.25, 0.3) is 0 Å². The highest BCUT2D eigenvalue weighted by Gasteiger charge is 2.27. The second-order valence-electron chi connectivity index (χ2n) is 5.39. The van der Waals surface area contributed by atoms with Crippen LogP contribution in [0.1, 0.15) is 21.5 Å². The Morgan fingerprint density at radius 3 is 2.52 bits per heavy atom. The van der Waals surface area contributed by atoms with Gasteiger partial charge < -0.3 is 14.4 Å². The fourth-order valence-corrected chi connectivity index (χ4v) is 3.61. The summed E-state index contributed by atoms with van der Waals surface area (Å²) < 4.78 is 11.9. The maximum Gasteiger partial charge on any atom is 0.254 e. The molecule has 0 aliphatic carbocycles. The maximum atomic E-state index is 12.7. The summed E-state index contributed by atoms with van der Waals surface area (Å²) in [6.45, 7) is 1.21.